The fourth-order valence-corrected chi connectivity index (χ4v) is 2.76. The number of halogens is 2. The number of thiophene rings is 1. The monoisotopic (exact) mass is 312 g/mol. The van der Waals surface area contributed by atoms with Gasteiger partial charge in [-0.3, -0.25) is 4.79 Å². The normalized spacial score (nSPS) is 10.9. The highest BCUT2D eigenvalue weighted by Crippen LogP contribution is 2.22. The van der Waals surface area contributed by atoms with Crippen molar-refractivity contribution in [2.45, 2.75) is 6.92 Å². The van der Waals surface area contributed by atoms with Gasteiger partial charge in [0.2, 0.25) is 0 Å². The molecule has 98 valence electrons. The van der Waals surface area contributed by atoms with E-state index in [0.717, 1.165) is 5.56 Å². The Morgan fingerprint density at radius 1 is 1.32 bits per heavy atom. The topological polar surface area (TPSA) is 41.5 Å². The van der Waals surface area contributed by atoms with Crippen molar-refractivity contribution in [2.75, 3.05) is 0 Å². The summed E-state index contributed by atoms with van der Waals surface area (Å²) in [6.07, 6.45) is 1.44. The number of hydrogen-bond donors (Lipinski definition) is 1. The summed E-state index contributed by atoms with van der Waals surface area (Å²) >= 11 is 13.3. The number of aryl methyl sites for hydroxylation is 1. The van der Waals surface area contributed by atoms with E-state index in [-0.39, 0.29) is 5.91 Å². The molecule has 1 heterocycles. The van der Waals surface area contributed by atoms with Crippen molar-refractivity contribution in [2.24, 2.45) is 5.10 Å². The van der Waals surface area contributed by atoms with Crippen LogP contribution in [-0.2, 0) is 0 Å². The maximum absolute atomic E-state index is 11.8. The molecule has 1 aromatic carbocycles. The first kappa shape index (κ1) is 14.1. The molecule has 0 aliphatic heterocycles. The Hall–Kier alpha value is -1.36. The molecule has 0 aliphatic carbocycles. The van der Waals surface area contributed by atoms with Gasteiger partial charge in [0.15, 0.2) is 0 Å². The Balaban J connectivity index is 2.09. The predicted molar refractivity (Wildman–Crippen MR) is 80.6 cm³/mol. The van der Waals surface area contributed by atoms with Crippen molar-refractivity contribution in [3.8, 4) is 0 Å². The van der Waals surface area contributed by atoms with Crippen LogP contribution in [0.25, 0.3) is 0 Å². The van der Waals surface area contributed by atoms with Gasteiger partial charge in [-0.1, -0.05) is 29.3 Å². The van der Waals surface area contributed by atoms with Gasteiger partial charge in [-0.25, -0.2) is 5.43 Å². The van der Waals surface area contributed by atoms with Gasteiger partial charge in [-0.2, -0.15) is 5.10 Å². The van der Waals surface area contributed by atoms with Gasteiger partial charge in [0.05, 0.1) is 21.1 Å². The van der Waals surface area contributed by atoms with Gasteiger partial charge < -0.3 is 0 Å². The van der Waals surface area contributed by atoms with Crippen LogP contribution < -0.4 is 5.43 Å². The highest BCUT2D eigenvalue weighted by molar-refractivity contribution is 7.12. The number of hydrogen-bond acceptors (Lipinski definition) is 3. The van der Waals surface area contributed by atoms with Crippen LogP contribution in [0, 0.1) is 6.92 Å². The highest BCUT2D eigenvalue weighted by Gasteiger charge is 2.09. The van der Waals surface area contributed by atoms with Gasteiger partial charge in [0.25, 0.3) is 5.91 Å². The number of nitrogens with one attached hydrogen (secondary N) is 1. The summed E-state index contributed by atoms with van der Waals surface area (Å²) in [5.74, 6) is -0.244. The van der Waals surface area contributed by atoms with Crippen molar-refractivity contribution in [3.63, 3.8) is 0 Å². The zero-order valence-electron chi connectivity index (χ0n) is 9.98. The second-order valence-electron chi connectivity index (χ2n) is 3.77. The molecular formula is C13H10Cl2N2OS. The largest absolute Gasteiger partial charge is 0.281 e. The molecule has 2 rings (SSSR count). The fraction of sp³-hybridized carbons (Fsp3) is 0.0769. The molecule has 3 nitrogen and oxygen atoms in total. The molecule has 6 heteroatoms. The molecule has 0 radical (unpaired) electrons. The molecule has 0 aliphatic rings. The summed E-state index contributed by atoms with van der Waals surface area (Å²) in [7, 11) is 0. The molecule has 0 atom stereocenters. The number of nitrogens with zero attached hydrogens (tertiary/aromatic N) is 1. The second-order valence-corrected chi connectivity index (χ2v) is 5.50. The predicted octanol–water partition coefficient (Wildman–Crippen LogP) is 4.13. The Kier molecular flexibility index (Phi) is 4.58. The van der Waals surface area contributed by atoms with Crippen molar-refractivity contribution in [1.82, 2.24) is 5.43 Å². The number of carbonyl (C=O) groups is 1. The van der Waals surface area contributed by atoms with Gasteiger partial charge in [0, 0.05) is 5.56 Å². The smallest absolute Gasteiger partial charge is 0.266 e. The lowest BCUT2D eigenvalue weighted by Crippen LogP contribution is -2.17. The number of benzene rings is 1. The third kappa shape index (κ3) is 3.35. The van der Waals surface area contributed by atoms with Crippen LogP contribution >= 0.6 is 34.5 Å². The van der Waals surface area contributed by atoms with Crippen LogP contribution in [-0.4, -0.2) is 12.1 Å². The van der Waals surface area contributed by atoms with E-state index in [1.165, 1.54) is 17.6 Å². The van der Waals surface area contributed by atoms with Gasteiger partial charge in [0.1, 0.15) is 0 Å². The lowest BCUT2D eigenvalue weighted by atomic mass is 10.2. The van der Waals surface area contributed by atoms with Crippen LogP contribution in [0.2, 0.25) is 10.0 Å². The van der Waals surface area contributed by atoms with Crippen molar-refractivity contribution in [3.05, 3.63) is 55.7 Å². The molecule has 0 bridgehead atoms. The van der Waals surface area contributed by atoms with Gasteiger partial charge in [-0.15, -0.1) is 11.3 Å². The van der Waals surface area contributed by atoms with Crippen LogP contribution in [0.5, 0.6) is 0 Å². The summed E-state index contributed by atoms with van der Waals surface area (Å²) in [6, 6.07) is 7.05. The lowest BCUT2D eigenvalue weighted by Gasteiger charge is -2.01. The number of hydrazone groups is 1. The first-order valence-corrected chi connectivity index (χ1v) is 7.04. The van der Waals surface area contributed by atoms with E-state index in [4.69, 9.17) is 23.2 Å². The van der Waals surface area contributed by atoms with E-state index in [0.29, 0.717) is 20.5 Å². The maximum Gasteiger partial charge on any atom is 0.281 e. The third-order valence-corrected chi connectivity index (χ3v) is 4.10. The molecular weight excluding hydrogens is 303 g/mol. The quantitative estimate of drug-likeness (QED) is 0.672. The summed E-state index contributed by atoms with van der Waals surface area (Å²) in [6.45, 7) is 1.88. The third-order valence-electron chi connectivity index (χ3n) is 2.43. The van der Waals surface area contributed by atoms with E-state index in [1.807, 2.05) is 18.4 Å². The molecule has 0 spiro atoms. The summed E-state index contributed by atoms with van der Waals surface area (Å²) < 4.78 is 0. The average Bonchev–Trinajstić information content (AvgIpc) is 2.79. The zero-order valence-corrected chi connectivity index (χ0v) is 12.3. The minimum absolute atomic E-state index is 0.244. The van der Waals surface area contributed by atoms with Crippen molar-refractivity contribution >= 4 is 46.7 Å². The van der Waals surface area contributed by atoms with Gasteiger partial charge >= 0.3 is 0 Å². The van der Waals surface area contributed by atoms with Crippen LogP contribution in [0.3, 0.4) is 0 Å². The number of rotatable bonds is 3. The highest BCUT2D eigenvalue weighted by atomic mass is 35.5. The Bertz CT molecular complexity index is 617. The first-order valence-electron chi connectivity index (χ1n) is 5.41. The summed E-state index contributed by atoms with van der Waals surface area (Å²) in [5.41, 5.74) is 3.95. The van der Waals surface area contributed by atoms with Crippen LogP contribution in [0.15, 0.2) is 34.7 Å². The minimum atomic E-state index is -0.244. The molecule has 1 amide bonds. The first-order chi connectivity index (χ1) is 9.09. The van der Waals surface area contributed by atoms with E-state index in [1.54, 1.807) is 18.2 Å². The SMILES string of the molecule is Cc1ccsc1C(=O)N/N=C\c1c(Cl)cccc1Cl. The lowest BCUT2D eigenvalue weighted by molar-refractivity contribution is 0.0958. The zero-order chi connectivity index (χ0) is 13.8. The molecule has 0 saturated carbocycles. The number of amides is 1. The summed E-state index contributed by atoms with van der Waals surface area (Å²) in [4.78, 5) is 12.4. The molecule has 0 unspecified atom stereocenters. The van der Waals surface area contributed by atoms with E-state index in [2.05, 4.69) is 10.5 Å². The maximum atomic E-state index is 11.8. The summed E-state index contributed by atoms with van der Waals surface area (Å²) in [5, 5.41) is 6.70. The van der Waals surface area contributed by atoms with Crippen molar-refractivity contribution < 1.29 is 4.79 Å². The van der Waals surface area contributed by atoms with E-state index >= 15 is 0 Å². The molecule has 0 saturated heterocycles. The standard InChI is InChI=1S/C13H10Cl2N2OS/c1-8-5-6-19-12(8)13(18)17-16-7-9-10(14)3-2-4-11(9)15/h2-7H,1H3,(H,17,18)/b16-7-. The molecule has 0 fully saturated rings. The fourth-order valence-electron chi connectivity index (χ4n) is 1.45. The van der Waals surface area contributed by atoms with Crippen LogP contribution in [0.4, 0.5) is 0 Å². The second kappa shape index (κ2) is 6.19. The van der Waals surface area contributed by atoms with E-state index in [9.17, 15) is 4.79 Å². The number of carbonyl (C=O) groups excluding carboxylic acids is 1. The Morgan fingerprint density at radius 2 is 2.00 bits per heavy atom. The Morgan fingerprint density at radius 3 is 2.58 bits per heavy atom. The Labute approximate surface area is 124 Å². The molecule has 1 N–H and O–H groups in total. The van der Waals surface area contributed by atoms with Gasteiger partial charge in [-0.05, 0) is 36.1 Å². The van der Waals surface area contributed by atoms with E-state index < -0.39 is 0 Å². The molecule has 2 aromatic rings. The molecule has 1 aromatic heterocycles. The minimum Gasteiger partial charge on any atom is -0.266 e. The van der Waals surface area contributed by atoms with Crippen LogP contribution in [0.1, 0.15) is 20.8 Å². The van der Waals surface area contributed by atoms with Crippen molar-refractivity contribution in [1.29, 1.82) is 0 Å². The average molecular weight is 313 g/mol. The molecule has 19 heavy (non-hydrogen) atoms.